The standard InChI is InChI=1S/C14H16N4O2S/c1-8(2)15-12(19)10-4-6-11(7-5-10)13(20)17-14-16-9(3)18-21-14/h4-8H,1-3H3,(H,15,19)(H,16,17,18,20). The van der Waals surface area contributed by atoms with Crippen molar-refractivity contribution in [2.24, 2.45) is 0 Å². The summed E-state index contributed by atoms with van der Waals surface area (Å²) in [6.07, 6.45) is 0. The van der Waals surface area contributed by atoms with E-state index in [0.29, 0.717) is 22.1 Å². The normalized spacial score (nSPS) is 10.5. The number of rotatable bonds is 4. The highest BCUT2D eigenvalue weighted by molar-refractivity contribution is 7.09. The van der Waals surface area contributed by atoms with Gasteiger partial charge >= 0.3 is 0 Å². The van der Waals surface area contributed by atoms with Crippen molar-refractivity contribution in [1.29, 1.82) is 0 Å². The maximum Gasteiger partial charge on any atom is 0.257 e. The van der Waals surface area contributed by atoms with Crippen molar-refractivity contribution in [1.82, 2.24) is 14.7 Å². The van der Waals surface area contributed by atoms with E-state index in [9.17, 15) is 9.59 Å². The lowest BCUT2D eigenvalue weighted by Gasteiger charge is -2.08. The molecule has 110 valence electrons. The first-order valence-electron chi connectivity index (χ1n) is 6.48. The molecule has 1 aromatic carbocycles. The zero-order valence-corrected chi connectivity index (χ0v) is 12.8. The molecule has 0 bridgehead atoms. The smallest absolute Gasteiger partial charge is 0.257 e. The average molecular weight is 304 g/mol. The molecule has 0 aliphatic heterocycles. The third-order valence-corrected chi connectivity index (χ3v) is 3.30. The minimum Gasteiger partial charge on any atom is -0.350 e. The number of aryl methyl sites for hydroxylation is 1. The molecule has 2 N–H and O–H groups in total. The summed E-state index contributed by atoms with van der Waals surface area (Å²) in [5, 5.41) is 5.92. The Morgan fingerprint density at radius 1 is 1.10 bits per heavy atom. The molecular formula is C14H16N4O2S. The van der Waals surface area contributed by atoms with Gasteiger partial charge in [-0.15, -0.1) is 0 Å². The van der Waals surface area contributed by atoms with Crippen LogP contribution in [0.4, 0.5) is 5.13 Å². The van der Waals surface area contributed by atoms with Crippen LogP contribution in [-0.4, -0.2) is 27.2 Å². The van der Waals surface area contributed by atoms with Gasteiger partial charge in [-0.3, -0.25) is 14.9 Å². The number of benzene rings is 1. The molecule has 0 saturated heterocycles. The van der Waals surface area contributed by atoms with Gasteiger partial charge in [0.05, 0.1) is 0 Å². The first kappa shape index (κ1) is 15.1. The van der Waals surface area contributed by atoms with Crippen LogP contribution in [0.1, 0.15) is 40.4 Å². The lowest BCUT2D eigenvalue weighted by molar-refractivity contribution is 0.0941. The van der Waals surface area contributed by atoms with Crippen LogP contribution in [0.2, 0.25) is 0 Å². The van der Waals surface area contributed by atoms with Crippen LogP contribution in [-0.2, 0) is 0 Å². The molecule has 0 unspecified atom stereocenters. The van der Waals surface area contributed by atoms with Crippen LogP contribution >= 0.6 is 11.5 Å². The van der Waals surface area contributed by atoms with Gasteiger partial charge < -0.3 is 5.32 Å². The predicted molar refractivity (Wildman–Crippen MR) is 81.6 cm³/mol. The molecule has 0 atom stereocenters. The molecule has 2 rings (SSSR count). The molecule has 0 spiro atoms. The summed E-state index contributed by atoms with van der Waals surface area (Å²) in [6.45, 7) is 5.54. The summed E-state index contributed by atoms with van der Waals surface area (Å²) in [5.74, 6) is 0.190. The summed E-state index contributed by atoms with van der Waals surface area (Å²) in [7, 11) is 0. The molecule has 0 saturated carbocycles. The Labute approximate surface area is 126 Å². The highest BCUT2D eigenvalue weighted by Crippen LogP contribution is 2.12. The zero-order chi connectivity index (χ0) is 15.4. The minimum atomic E-state index is -0.276. The van der Waals surface area contributed by atoms with Crippen molar-refractivity contribution in [3.8, 4) is 0 Å². The lowest BCUT2D eigenvalue weighted by Crippen LogP contribution is -2.30. The van der Waals surface area contributed by atoms with E-state index in [2.05, 4.69) is 20.0 Å². The third kappa shape index (κ3) is 4.09. The summed E-state index contributed by atoms with van der Waals surface area (Å²) in [5.41, 5.74) is 0.982. The largest absolute Gasteiger partial charge is 0.350 e. The van der Waals surface area contributed by atoms with Crippen molar-refractivity contribution >= 4 is 28.5 Å². The van der Waals surface area contributed by atoms with E-state index in [1.54, 1.807) is 31.2 Å². The molecule has 7 heteroatoms. The molecule has 0 radical (unpaired) electrons. The number of nitrogens with zero attached hydrogens (tertiary/aromatic N) is 2. The van der Waals surface area contributed by atoms with Crippen molar-refractivity contribution in [2.75, 3.05) is 5.32 Å². The molecular weight excluding hydrogens is 288 g/mol. The maximum atomic E-state index is 12.0. The van der Waals surface area contributed by atoms with Gasteiger partial charge in [-0.2, -0.15) is 4.37 Å². The molecule has 6 nitrogen and oxygen atoms in total. The van der Waals surface area contributed by atoms with Crippen LogP contribution < -0.4 is 10.6 Å². The Bertz CT molecular complexity index is 649. The lowest BCUT2D eigenvalue weighted by atomic mass is 10.1. The second kappa shape index (κ2) is 6.45. The van der Waals surface area contributed by atoms with Crippen molar-refractivity contribution in [3.63, 3.8) is 0 Å². The monoisotopic (exact) mass is 304 g/mol. The number of nitrogens with one attached hydrogen (secondary N) is 2. The number of aromatic nitrogens is 2. The quantitative estimate of drug-likeness (QED) is 0.907. The van der Waals surface area contributed by atoms with Gasteiger partial charge in [0.25, 0.3) is 11.8 Å². The maximum absolute atomic E-state index is 12.0. The van der Waals surface area contributed by atoms with E-state index >= 15 is 0 Å². The van der Waals surface area contributed by atoms with E-state index in [-0.39, 0.29) is 17.9 Å². The number of hydrogen-bond donors (Lipinski definition) is 2. The highest BCUT2D eigenvalue weighted by Gasteiger charge is 2.11. The predicted octanol–water partition coefficient (Wildman–Crippen LogP) is 2.24. The number of carbonyl (C=O) groups is 2. The van der Waals surface area contributed by atoms with E-state index in [1.807, 2.05) is 13.8 Å². The van der Waals surface area contributed by atoms with E-state index in [0.717, 1.165) is 11.5 Å². The topological polar surface area (TPSA) is 84.0 Å². The molecule has 1 aromatic heterocycles. The van der Waals surface area contributed by atoms with Gasteiger partial charge in [0.15, 0.2) is 0 Å². The first-order valence-corrected chi connectivity index (χ1v) is 7.25. The Balaban J connectivity index is 2.04. The van der Waals surface area contributed by atoms with Gasteiger partial charge in [0.2, 0.25) is 5.13 Å². The van der Waals surface area contributed by atoms with Crippen LogP contribution in [0, 0.1) is 6.92 Å². The second-order valence-electron chi connectivity index (χ2n) is 4.81. The van der Waals surface area contributed by atoms with E-state index in [1.165, 1.54) is 0 Å². The molecule has 1 heterocycles. The van der Waals surface area contributed by atoms with E-state index in [4.69, 9.17) is 0 Å². The molecule has 21 heavy (non-hydrogen) atoms. The van der Waals surface area contributed by atoms with Gasteiger partial charge in [0, 0.05) is 28.7 Å². The molecule has 0 aliphatic carbocycles. The Kier molecular flexibility index (Phi) is 4.64. The summed E-state index contributed by atoms with van der Waals surface area (Å²) in [4.78, 5) is 27.9. The number of amides is 2. The van der Waals surface area contributed by atoms with Gasteiger partial charge in [0.1, 0.15) is 5.82 Å². The number of anilines is 1. The van der Waals surface area contributed by atoms with Crippen LogP contribution in [0.3, 0.4) is 0 Å². The minimum absolute atomic E-state index is 0.0705. The number of hydrogen-bond acceptors (Lipinski definition) is 5. The molecule has 2 amide bonds. The second-order valence-corrected chi connectivity index (χ2v) is 5.56. The summed E-state index contributed by atoms with van der Waals surface area (Å²) in [6, 6.07) is 6.54. The van der Waals surface area contributed by atoms with Crippen molar-refractivity contribution < 1.29 is 9.59 Å². The van der Waals surface area contributed by atoms with Crippen LogP contribution in [0.15, 0.2) is 24.3 Å². The van der Waals surface area contributed by atoms with Gasteiger partial charge in [-0.1, -0.05) is 0 Å². The SMILES string of the molecule is Cc1nsc(NC(=O)c2ccc(C(=O)NC(C)C)cc2)n1. The van der Waals surface area contributed by atoms with E-state index < -0.39 is 0 Å². The summed E-state index contributed by atoms with van der Waals surface area (Å²) < 4.78 is 3.99. The molecule has 2 aromatic rings. The molecule has 0 fully saturated rings. The van der Waals surface area contributed by atoms with Crippen LogP contribution in [0.25, 0.3) is 0 Å². The fraction of sp³-hybridized carbons (Fsp3) is 0.286. The number of carbonyl (C=O) groups excluding carboxylic acids is 2. The van der Waals surface area contributed by atoms with Crippen molar-refractivity contribution in [2.45, 2.75) is 26.8 Å². The zero-order valence-electron chi connectivity index (χ0n) is 12.0. The Hall–Kier alpha value is -2.28. The first-order chi connectivity index (χ1) is 9.95. The Morgan fingerprint density at radius 2 is 1.67 bits per heavy atom. The van der Waals surface area contributed by atoms with Crippen LogP contribution in [0.5, 0.6) is 0 Å². The Morgan fingerprint density at radius 3 is 2.14 bits per heavy atom. The van der Waals surface area contributed by atoms with Gasteiger partial charge in [-0.25, -0.2) is 4.98 Å². The summed E-state index contributed by atoms with van der Waals surface area (Å²) >= 11 is 1.13. The fourth-order valence-electron chi connectivity index (χ4n) is 1.64. The van der Waals surface area contributed by atoms with Crippen molar-refractivity contribution in [3.05, 3.63) is 41.2 Å². The fourth-order valence-corrected chi connectivity index (χ4v) is 2.21. The molecule has 0 aliphatic rings. The third-order valence-electron chi connectivity index (χ3n) is 2.58. The average Bonchev–Trinajstić information content (AvgIpc) is 2.83. The van der Waals surface area contributed by atoms with Gasteiger partial charge in [-0.05, 0) is 45.0 Å². The highest BCUT2D eigenvalue weighted by atomic mass is 32.1.